The van der Waals surface area contributed by atoms with Gasteiger partial charge in [-0.05, 0) is 52.7 Å². The highest BCUT2D eigenvalue weighted by atomic mass is 79.9. The van der Waals surface area contributed by atoms with E-state index >= 15 is 0 Å². The second-order valence-electron chi connectivity index (χ2n) is 7.16. The van der Waals surface area contributed by atoms with Crippen LogP contribution in [0.5, 0.6) is 0 Å². The van der Waals surface area contributed by atoms with Crippen LogP contribution in [0.25, 0.3) is 32.9 Å². The predicted octanol–water partition coefficient (Wildman–Crippen LogP) is 6.63. The van der Waals surface area contributed by atoms with Crippen molar-refractivity contribution in [3.8, 4) is 11.1 Å². The van der Waals surface area contributed by atoms with Gasteiger partial charge in [0, 0.05) is 21.1 Å². The number of hydrogen-bond acceptors (Lipinski definition) is 3. The number of halogens is 1. The fourth-order valence-corrected chi connectivity index (χ4v) is 4.16. The van der Waals surface area contributed by atoms with Gasteiger partial charge >= 0.3 is 5.63 Å². The van der Waals surface area contributed by atoms with Crippen molar-refractivity contribution in [2.75, 3.05) is 5.32 Å². The first-order valence-corrected chi connectivity index (χ1v) is 10.5. The summed E-state index contributed by atoms with van der Waals surface area (Å²) in [6.45, 7) is 0. The van der Waals surface area contributed by atoms with Crippen molar-refractivity contribution in [3.63, 3.8) is 0 Å². The molecule has 0 bridgehead atoms. The van der Waals surface area contributed by atoms with Crippen molar-refractivity contribution in [1.29, 1.82) is 0 Å². The van der Waals surface area contributed by atoms with Gasteiger partial charge in [-0.25, -0.2) is 4.79 Å². The summed E-state index contributed by atoms with van der Waals surface area (Å²) in [5.41, 5.74) is 2.62. The van der Waals surface area contributed by atoms with Crippen LogP contribution in [-0.2, 0) is 0 Å². The molecule has 0 aliphatic carbocycles. The first kappa shape index (κ1) is 19.3. The van der Waals surface area contributed by atoms with Crippen molar-refractivity contribution in [1.82, 2.24) is 0 Å². The summed E-state index contributed by atoms with van der Waals surface area (Å²) in [6.07, 6.45) is 0. The van der Waals surface area contributed by atoms with E-state index in [9.17, 15) is 9.59 Å². The molecule has 5 aromatic rings. The molecule has 0 radical (unpaired) electrons. The number of hydrogen-bond donors (Lipinski definition) is 1. The zero-order chi connectivity index (χ0) is 21.4. The largest absolute Gasteiger partial charge is 0.422 e. The van der Waals surface area contributed by atoms with Crippen LogP contribution in [0, 0.1) is 0 Å². The minimum Gasteiger partial charge on any atom is -0.422 e. The number of benzene rings is 4. The smallest absolute Gasteiger partial charge is 0.344 e. The molecule has 0 unspecified atom stereocenters. The maximum atomic E-state index is 12.9. The van der Waals surface area contributed by atoms with E-state index in [1.165, 1.54) is 0 Å². The SMILES string of the molecule is O=C(Nc1ccc(-c2cc3ccccc3oc2=O)cc1)c1cccc2c(Br)cccc12. The van der Waals surface area contributed by atoms with Crippen molar-refractivity contribution >= 4 is 49.3 Å². The van der Waals surface area contributed by atoms with Gasteiger partial charge in [0.25, 0.3) is 5.91 Å². The first-order chi connectivity index (χ1) is 15.1. The second kappa shape index (κ2) is 7.85. The van der Waals surface area contributed by atoms with E-state index in [0.29, 0.717) is 22.4 Å². The normalized spacial score (nSPS) is 11.0. The average Bonchev–Trinajstić information content (AvgIpc) is 2.79. The molecule has 5 heteroatoms. The van der Waals surface area contributed by atoms with E-state index in [-0.39, 0.29) is 5.91 Å². The fourth-order valence-electron chi connectivity index (χ4n) is 3.66. The Labute approximate surface area is 186 Å². The van der Waals surface area contributed by atoms with Gasteiger partial charge in [-0.15, -0.1) is 0 Å². The van der Waals surface area contributed by atoms with Crippen LogP contribution in [-0.4, -0.2) is 5.91 Å². The monoisotopic (exact) mass is 469 g/mol. The molecule has 5 rings (SSSR count). The summed E-state index contributed by atoms with van der Waals surface area (Å²) in [6, 6.07) is 27.8. The Bertz CT molecular complexity index is 1500. The number of nitrogens with one attached hydrogen (secondary N) is 1. The molecule has 0 aliphatic heterocycles. The molecule has 1 N–H and O–H groups in total. The summed E-state index contributed by atoms with van der Waals surface area (Å²) >= 11 is 3.53. The molecule has 1 amide bonds. The Morgan fingerprint density at radius 2 is 1.55 bits per heavy atom. The molecule has 4 nitrogen and oxygen atoms in total. The van der Waals surface area contributed by atoms with E-state index in [1.54, 1.807) is 36.4 Å². The van der Waals surface area contributed by atoms with Gasteiger partial charge in [-0.3, -0.25) is 4.79 Å². The molecule has 0 fully saturated rings. The Morgan fingerprint density at radius 3 is 2.39 bits per heavy atom. The van der Waals surface area contributed by atoms with E-state index < -0.39 is 5.63 Å². The molecule has 1 aromatic heterocycles. The van der Waals surface area contributed by atoms with Crippen LogP contribution in [0.15, 0.2) is 105 Å². The van der Waals surface area contributed by atoms with Crippen LogP contribution >= 0.6 is 15.9 Å². The lowest BCUT2D eigenvalue weighted by Gasteiger charge is -2.10. The van der Waals surface area contributed by atoms with Crippen molar-refractivity contribution in [2.45, 2.75) is 0 Å². The van der Waals surface area contributed by atoms with E-state index in [0.717, 1.165) is 26.2 Å². The molecule has 1 heterocycles. The minimum atomic E-state index is -0.392. The molecule has 150 valence electrons. The number of para-hydroxylation sites is 1. The number of amides is 1. The topological polar surface area (TPSA) is 59.3 Å². The fraction of sp³-hybridized carbons (Fsp3) is 0. The summed E-state index contributed by atoms with van der Waals surface area (Å²) in [7, 11) is 0. The minimum absolute atomic E-state index is 0.193. The summed E-state index contributed by atoms with van der Waals surface area (Å²) in [5, 5.41) is 5.65. The highest BCUT2D eigenvalue weighted by Gasteiger charge is 2.12. The molecule has 0 aliphatic rings. The molecule has 31 heavy (non-hydrogen) atoms. The van der Waals surface area contributed by atoms with Crippen LogP contribution < -0.4 is 10.9 Å². The third-order valence-electron chi connectivity index (χ3n) is 5.21. The van der Waals surface area contributed by atoms with Crippen LogP contribution in [0.1, 0.15) is 10.4 Å². The predicted molar refractivity (Wildman–Crippen MR) is 128 cm³/mol. The van der Waals surface area contributed by atoms with E-state index in [4.69, 9.17) is 4.42 Å². The molecule has 4 aromatic carbocycles. The van der Waals surface area contributed by atoms with Gasteiger partial charge in [0.2, 0.25) is 0 Å². The Balaban J connectivity index is 1.44. The maximum Gasteiger partial charge on any atom is 0.344 e. The maximum absolute atomic E-state index is 12.9. The number of carbonyl (C=O) groups is 1. The molecule has 0 saturated carbocycles. The Hall–Kier alpha value is -3.70. The molecular formula is C26H16BrNO3. The summed E-state index contributed by atoms with van der Waals surface area (Å²) < 4.78 is 6.36. The van der Waals surface area contributed by atoms with Crippen LogP contribution in [0.2, 0.25) is 0 Å². The van der Waals surface area contributed by atoms with E-state index in [1.807, 2.05) is 54.6 Å². The zero-order valence-electron chi connectivity index (χ0n) is 16.3. The summed E-state index contributed by atoms with van der Waals surface area (Å²) in [4.78, 5) is 25.3. The Morgan fingerprint density at radius 1 is 0.806 bits per heavy atom. The van der Waals surface area contributed by atoms with Gasteiger partial charge in [-0.2, -0.15) is 0 Å². The number of fused-ring (bicyclic) bond motifs is 2. The van der Waals surface area contributed by atoms with Gasteiger partial charge in [-0.1, -0.05) is 70.5 Å². The quantitative estimate of drug-likeness (QED) is 0.301. The highest BCUT2D eigenvalue weighted by molar-refractivity contribution is 9.10. The van der Waals surface area contributed by atoms with Crippen LogP contribution in [0.4, 0.5) is 5.69 Å². The average molecular weight is 470 g/mol. The van der Waals surface area contributed by atoms with E-state index in [2.05, 4.69) is 21.2 Å². The lowest BCUT2D eigenvalue weighted by Crippen LogP contribution is -2.12. The van der Waals surface area contributed by atoms with Crippen molar-refractivity contribution in [3.05, 3.63) is 111 Å². The third-order valence-corrected chi connectivity index (χ3v) is 5.90. The molecule has 0 spiro atoms. The molecule has 0 saturated heterocycles. The number of carbonyl (C=O) groups excluding carboxylic acids is 1. The molecule has 0 atom stereocenters. The highest BCUT2D eigenvalue weighted by Crippen LogP contribution is 2.27. The van der Waals surface area contributed by atoms with Gasteiger partial charge < -0.3 is 9.73 Å². The van der Waals surface area contributed by atoms with Gasteiger partial charge in [0.05, 0.1) is 5.56 Å². The number of anilines is 1. The van der Waals surface area contributed by atoms with Crippen LogP contribution in [0.3, 0.4) is 0 Å². The molecular weight excluding hydrogens is 454 g/mol. The third kappa shape index (κ3) is 3.64. The Kier molecular flexibility index (Phi) is 4.88. The number of rotatable bonds is 3. The lowest BCUT2D eigenvalue weighted by molar-refractivity contribution is 0.102. The first-order valence-electron chi connectivity index (χ1n) is 9.72. The van der Waals surface area contributed by atoms with Gasteiger partial charge in [0.15, 0.2) is 0 Å². The van der Waals surface area contributed by atoms with Crippen molar-refractivity contribution < 1.29 is 9.21 Å². The van der Waals surface area contributed by atoms with Crippen molar-refractivity contribution in [2.24, 2.45) is 0 Å². The second-order valence-corrected chi connectivity index (χ2v) is 8.01. The van der Waals surface area contributed by atoms with Gasteiger partial charge in [0.1, 0.15) is 5.58 Å². The summed E-state index contributed by atoms with van der Waals surface area (Å²) in [5.74, 6) is -0.193. The zero-order valence-corrected chi connectivity index (χ0v) is 17.8. The standard InChI is InChI=1S/C26H16BrNO3/c27-23-9-4-6-19-20(23)7-3-8-21(19)25(29)28-18-13-11-16(12-14-18)22-15-17-5-1-2-10-24(17)31-26(22)30/h1-15H,(H,28,29). The lowest BCUT2D eigenvalue weighted by atomic mass is 10.0.